The van der Waals surface area contributed by atoms with Crippen molar-refractivity contribution >= 4 is 5.91 Å². The Morgan fingerprint density at radius 3 is 2.76 bits per heavy atom. The Labute approximate surface area is 101 Å². The summed E-state index contributed by atoms with van der Waals surface area (Å²) in [5.74, 6) is 0.418. The fraction of sp³-hybridized carbons (Fsp3) is 0.462. The normalized spacial score (nSPS) is 16.4. The second kappa shape index (κ2) is 4.75. The number of para-hydroxylation sites is 1. The summed E-state index contributed by atoms with van der Waals surface area (Å²) in [5, 5.41) is 12.0. The molecule has 4 nitrogen and oxygen atoms in total. The third kappa shape index (κ3) is 2.58. The van der Waals surface area contributed by atoms with E-state index in [-0.39, 0.29) is 17.9 Å². The lowest BCUT2D eigenvalue weighted by Crippen LogP contribution is -2.32. The molecular formula is C13H17NO3. The minimum absolute atomic E-state index is 0.0718. The first-order valence-electron chi connectivity index (χ1n) is 5.73. The molecule has 1 aromatic rings. The predicted molar refractivity (Wildman–Crippen MR) is 64.1 cm³/mol. The lowest BCUT2D eigenvalue weighted by molar-refractivity contribution is 0.0932. The quantitative estimate of drug-likeness (QED) is 0.806. The van der Waals surface area contributed by atoms with Gasteiger partial charge >= 0.3 is 0 Å². The lowest BCUT2D eigenvalue weighted by atomic mass is 10.1. The number of benzene rings is 1. The highest BCUT2D eigenvalue weighted by atomic mass is 16.5. The topological polar surface area (TPSA) is 58.6 Å². The van der Waals surface area contributed by atoms with Crippen LogP contribution in [0.1, 0.15) is 23.2 Å². The maximum atomic E-state index is 11.9. The fourth-order valence-corrected chi connectivity index (χ4v) is 1.76. The maximum absolute atomic E-state index is 11.9. The molecular weight excluding hydrogens is 218 g/mol. The van der Waals surface area contributed by atoms with Gasteiger partial charge in [-0.05, 0) is 25.0 Å². The monoisotopic (exact) mass is 235 g/mol. The van der Waals surface area contributed by atoms with Crippen LogP contribution in [0.5, 0.6) is 5.75 Å². The van der Waals surface area contributed by atoms with Crippen molar-refractivity contribution in [1.29, 1.82) is 0 Å². The molecule has 0 bridgehead atoms. The minimum atomic E-state index is -0.151. The van der Waals surface area contributed by atoms with E-state index in [9.17, 15) is 4.79 Å². The standard InChI is InChI=1S/C13H17NO3/c1-17-11-5-3-2-4-10(11)12(16)14-8-13(9-15)6-7-13/h2-5,15H,6-9H2,1H3,(H,14,16). The summed E-state index contributed by atoms with van der Waals surface area (Å²) in [4.78, 5) is 11.9. The molecule has 2 rings (SSSR count). The van der Waals surface area contributed by atoms with E-state index in [0.717, 1.165) is 12.8 Å². The Kier molecular flexibility index (Phi) is 3.33. The second-order valence-corrected chi connectivity index (χ2v) is 4.54. The third-order valence-corrected chi connectivity index (χ3v) is 3.27. The highest BCUT2D eigenvalue weighted by Gasteiger charge is 2.42. The number of amides is 1. The zero-order chi connectivity index (χ0) is 12.3. The number of nitrogens with one attached hydrogen (secondary N) is 1. The van der Waals surface area contributed by atoms with Gasteiger partial charge in [-0.15, -0.1) is 0 Å². The number of carbonyl (C=O) groups excluding carboxylic acids is 1. The molecule has 0 radical (unpaired) electrons. The van der Waals surface area contributed by atoms with Crippen molar-refractivity contribution in [3.63, 3.8) is 0 Å². The molecule has 2 N–H and O–H groups in total. The van der Waals surface area contributed by atoms with E-state index >= 15 is 0 Å². The first-order valence-corrected chi connectivity index (χ1v) is 5.73. The summed E-state index contributed by atoms with van der Waals surface area (Å²) in [6.45, 7) is 0.666. The van der Waals surface area contributed by atoms with Gasteiger partial charge in [-0.3, -0.25) is 4.79 Å². The molecule has 0 heterocycles. The van der Waals surface area contributed by atoms with Gasteiger partial charge in [0, 0.05) is 12.0 Å². The molecule has 0 spiro atoms. The number of hydrogen-bond acceptors (Lipinski definition) is 3. The summed E-state index contributed by atoms with van der Waals surface area (Å²) in [6, 6.07) is 7.11. The van der Waals surface area contributed by atoms with E-state index in [1.807, 2.05) is 6.07 Å². The van der Waals surface area contributed by atoms with E-state index in [1.165, 1.54) is 0 Å². The molecule has 1 amide bonds. The smallest absolute Gasteiger partial charge is 0.255 e. The van der Waals surface area contributed by atoms with Gasteiger partial charge in [0.2, 0.25) is 0 Å². The SMILES string of the molecule is COc1ccccc1C(=O)NCC1(CO)CC1. The van der Waals surface area contributed by atoms with Crippen molar-refractivity contribution in [3.05, 3.63) is 29.8 Å². The van der Waals surface area contributed by atoms with Gasteiger partial charge in [0.25, 0.3) is 5.91 Å². The molecule has 0 aliphatic heterocycles. The summed E-state index contributed by atoms with van der Waals surface area (Å²) in [5.41, 5.74) is 0.459. The van der Waals surface area contributed by atoms with Crippen LogP contribution < -0.4 is 10.1 Å². The summed E-state index contributed by atoms with van der Waals surface area (Å²) < 4.78 is 5.13. The molecule has 92 valence electrons. The van der Waals surface area contributed by atoms with Gasteiger partial charge in [0.1, 0.15) is 5.75 Å². The van der Waals surface area contributed by atoms with E-state index in [1.54, 1.807) is 25.3 Å². The first kappa shape index (κ1) is 11.9. The maximum Gasteiger partial charge on any atom is 0.255 e. The van der Waals surface area contributed by atoms with Crippen LogP contribution in [-0.2, 0) is 0 Å². The molecule has 1 aliphatic rings. The van der Waals surface area contributed by atoms with E-state index in [0.29, 0.717) is 17.9 Å². The molecule has 1 aromatic carbocycles. The zero-order valence-corrected chi connectivity index (χ0v) is 9.90. The van der Waals surface area contributed by atoms with Crippen molar-refractivity contribution in [2.75, 3.05) is 20.3 Å². The molecule has 0 unspecified atom stereocenters. The van der Waals surface area contributed by atoms with E-state index in [4.69, 9.17) is 9.84 Å². The van der Waals surface area contributed by atoms with Crippen LogP contribution in [0.4, 0.5) is 0 Å². The van der Waals surface area contributed by atoms with Gasteiger partial charge in [-0.25, -0.2) is 0 Å². The highest BCUT2D eigenvalue weighted by Crippen LogP contribution is 2.44. The van der Waals surface area contributed by atoms with Crippen LogP contribution in [-0.4, -0.2) is 31.3 Å². The third-order valence-electron chi connectivity index (χ3n) is 3.27. The van der Waals surface area contributed by atoms with Crippen molar-refractivity contribution in [1.82, 2.24) is 5.32 Å². The van der Waals surface area contributed by atoms with E-state index < -0.39 is 0 Å². The molecule has 1 saturated carbocycles. The van der Waals surface area contributed by atoms with Gasteiger partial charge in [-0.1, -0.05) is 12.1 Å². The van der Waals surface area contributed by atoms with Crippen molar-refractivity contribution in [2.45, 2.75) is 12.8 Å². The number of carbonyl (C=O) groups is 1. The summed E-state index contributed by atoms with van der Waals surface area (Å²) >= 11 is 0. The number of aliphatic hydroxyl groups is 1. The molecule has 1 fully saturated rings. The number of aliphatic hydroxyl groups excluding tert-OH is 1. The van der Waals surface area contributed by atoms with Crippen LogP contribution >= 0.6 is 0 Å². The van der Waals surface area contributed by atoms with Gasteiger partial charge < -0.3 is 15.2 Å². The largest absolute Gasteiger partial charge is 0.496 e. The van der Waals surface area contributed by atoms with Gasteiger partial charge in [0.15, 0.2) is 0 Å². The Morgan fingerprint density at radius 2 is 2.18 bits per heavy atom. The zero-order valence-electron chi connectivity index (χ0n) is 9.90. The Morgan fingerprint density at radius 1 is 1.47 bits per heavy atom. The molecule has 4 heteroatoms. The molecule has 0 aromatic heterocycles. The van der Waals surface area contributed by atoms with Gasteiger partial charge in [0.05, 0.1) is 19.3 Å². The van der Waals surface area contributed by atoms with Crippen LogP contribution in [0.15, 0.2) is 24.3 Å². The Balaban J connectivity index is 1.99. The van der Waals surface area contributed by atoms with Crippen LogP contribution in [0, 0.1) is 5.41 Å². The Bertz CT molecular complexity index is 413. The van der Waals surface area contributed by atoms with Crippen LogP contribution in [0.2, 0.25) is 0 Å². The van der Waals surface area contributed by atoms with Crippen molar-refractivity contribution in [2.24, 2.45) is 5.41 Å². The van der Waals surface area contributed by atoms with Gasteiger partial charge in [-0.2, -0.15) is 0 Å². The first-order chi connectivity index (χ1) is 8.21. The molecule has 1 aliphatic carbocycles. The minimum Gasteiger partial charge on any atom is -0.496 e. The summed E-state index contributed by atoms with van der Waals surface area (Å²) in [7, 11) is 1.54. The number of methoxy groups -OCH3 is 1. The fourth-order valence-electron chi connectivity index (χ4n) is 1.76. The average Bonchev–Trinajstić information content (AvgIpc) is 3.16. The molecule has 0 saturated heterocycles. The van der Waals surface area contributed by atoms with Crippen molar-refractivity contribution in [3.8, 4) is 5.75 Å². The number of ether oxygens (including phenoxy) is 1. The van der Waals surface area contributed by atoms with Crippen molar-refractivity contribution < 1.29 is 14.6 Å². The lowest BCUT2D eigenvalue weighted by Gasteiger charge is -2.13. The highest BCUT2D eigenvalue weighted by molar-refractivity contribution is 5.96. The molecule has 17 heavy (non-hydrogen) atoms. The summed E-state index contributed by atoms with van der Waals surface area (Å²) in [6.07, 6.45) is 1.96. The number of hydrogen-bond donors (Lipinski definition) is 2. The van der Waals surface area contributed by atoms with Crippen LogP contribution in [0.25, 0.3) is 0 Å². The predicted octanol–water partition coefficient (Wildman–Crippen LogP) is 1.20. The number of rotatable bonds is 5. The second-order valence-electron chi connectivity index (χ2n) is 4.54. The average molecular weight is 235 g/mol. The molecule has 0 atom stereocenters. The Hall–Kier alpha value is -1.55. The van der Waals surface area contributed by atoms with Crippen LogP contribution in [0.3, 0.4) is 0 Å². The van der Waals surface area contributed by atoms with E-state index in [2.05, 4.69) is 5.32 Å².